The first-order valence-corrected chi connectivity index (χ1v) is 6.40. The molecule has 102 valence electrons. The van der Waals surface area contributed by atoms with Gasteiger partial charge in [0.05, 0.1) is 13.2 Å². The first-order chi connectivity index (χ1) is 8.74. The normalized spacial score (nSPS) is 12.9. The van der Waals surface area contributed by atoms with Crippen LogP contribution in [0.3, 0.4) is 0 Å². The molecule has 0 radical (unpaired) electrons. The van der Waals surface area contributed by atoms with E-state index in [4.69, 9.17) is 27.2 Å². The Bertz CT molecular complexity index is 350. The molecule has 0 spiro atoms. The Morgan fingerprint density at radius 1 is 1.39 bits per heavy atom. The summed E-state index contributed by atoms with van der Waals surface area (Å²) in [5.41, 5.74) is 6.85. The molecule has 5 heteroatoms. The number of aliphatic hydroxyl groups excluding tert-OH is 1. The number of nitrogens with two attached hydrogens (primary N) is 1. The maximum absolute atomic E-state index is 9.14. The van der Waals surface area contributed by atoms with E-state index in [1.807, 2.05) is 24.3 Å². The van der Waals surface area contributed by atoms with E-state index in [-0.39, 0.29) is 12.6 Å². The fourth-order valence-electron chi connectivity index (χ4n) is 1.98. The number of hydrogen-bond acceptors (Lipinski definition) is 4. The molecule has 0 saturated carbocycles. The van der Waals surface area contributed by atoms with Gasteiger partial charge in [-0.15, -0.1) is 0 Å². The number of benzene rings is 1. The molecule has 0 aromatic heterocycles. The van der Waals surface area contributed by atoms with Crippen molar-refractivity contribution in [3.63, 3.8) is 0 Å². The average molecular weight is 273 g/mol. The van der Waals surface area contributed by atoms with Crippen LogP contribution in [0.2, 0.25) is 5.02 Å². The first-order valence-electron chi connectivity index (χ1n) is 6.03. The molecular weight excluding hydrogens is 252 g/mol. The van der Waals surface area contributed by atoms with Gasteiger partial charge in [0.1, 0.15) is 0 Å². The Labute approximate surface area is 113 Å². The van der Waals surface area contributed by atoms with Crippen LogP contribution < -0.4 is 5.73 Å². The molecule has 0 aliphatic carbocycles. The third-order valence-corrected chi connectivity index (χ3v) is 3.24. The van der Waals surface area contributed by atoms with Crippen molar-refractivity contribution in [2.24, 2.45) is 5.73 Å². The second-order valence-corrected chi connectivity index (χ2v) is 4.43. The second kappa shape index (κ2) is 8.45. The van der Waals surface area contributed by atoms with Gasteiger partial charge in [-0.3, -0.25) is 4.90 Å². The number of hydrogen-bond donors (Lipinski definition) is 2. The minimum Gasteiger partial charge on any atom is -0.395 e. The number of methoxy groups -OCH3 is 1. The van der Waals surface area contributed by atoms with Crippen LogP contribution >= 0.6 is 11.6 Å². The smallest absolute Gasteiger partial charge is 0.0589 e. The fraction of sp³-hybridized carbons (Fsp3) is 0.538. The summed E-state index contributed by atoms with van der Waals surface area (Å²) in [6.07, 6.45) is 0. The molecule has 1 atom stereocenters. The second-order valence-electron chi connectivity index (χ2n) is 4.03. The molecule has 0 bridgehead atoms. The van der Waals surface area contributed by atoms with Gasteiger partial charge in [-0.1, -0.05) is 29.8 Å². The third kappa shape index (κ3) is 4.23. The molecule has 0 fully saturated rings. The van der Waals surface area contributed by atoms with Crippen LogP contribution in [0, 0.1) is 0 Å². The summed E-state index contributed by atoms with van der Waals surface area (Å²) in [4.78, 5) is 2.09. The van der Waals surface area contributed by atoms with Crippen LogP contribution in [0.1, 0.15) is 11.6 Å². The van der Waals surface area contributed by atoms with Crippen molar-refractivity contribution < 1.29 is 9.84 Å². The average Bonchev–Trinajstić information content (AvgIpc) is 2.38. The van der Waals surface area contributed by atoms with E-state index < -0.39 is 0 Å². The summed E-state index contributed by atoms with van der Waals surface area (Å²) in [5, 5.41) is 9.84. The molecule has 18 heavy (non-hydrogen) atoms. The number of nitrogens with zero attached hydrogens (tertiary/aromatic N) is 1. The summed E-state index contributed by atoms with van der Waals surface area (Å²) >= 11 is 6.20. The van der Waals surface area contributed by atoms with Gasteiger partial charge in [-0.05, 0) is 11.6 Å². The lowest BCUT2D eigenvalue weighted by Gasteiger charge is -2.31. The first kappa shape index (κ1) is 15.4. The fourth-order valence-corrected chi connectivity index (χ4v) is 2.24. The van der Waals surface area contributed by atoms with Crippen LogP contribution in [-0.4, -0.2) is 50.0 Å². The van der Waals surface area contributed by atoms with E-state index >= 15 is 0 Å². The van der Waals surface area contributed by atoms with Gasteiger partial charge in [-0.25, -0.2) is 0 Å². The Kier molecular flexibility index (Phi) is 7.23. The number of halogens is 1. The van der Waals surface area contributed by atoms with Gasteiger partial charge in [0.2, 0.25) is 0 Å². The number of rotatable bonds is 8. The molecule has 0 aliphatic rings. The Balaban J connectivity index is 2.87. The lowest BCUT2D eigenvalue weighted by Crippen LogP contribution is -2.38. The summed E-state index contributed by atoms with van der Waals surface area (Å²) in [6.45, 7) is 2.40. The minimum atomic E-state index is 0.000926. The zero-order valence-corrected chi connectivity index (χ0v) is 11.4. The van der Waals surface area contributed by atoms with Crippen molar-refractivity contribution in [3.05, 3.63) is 34.9 Å². The van der Waals surface area contributed by atoms with Gasteiger partial charge in [-0.2, -0.15) is 0 Å². The molecule has 3 N–H and O–H groups in total. The molecule has 0 amide bonds. The third-order valence-electron chi connectivity index (χ3n) is 2.90. The highest BCUT2D eigenvalue weighted by Gasteiger charge is 2.20. The molecule has 0 aliphatic heterocycles. The molecule has 1 aromatic carbocycles. The van der Waals surface area contributed by atoms with Crippen molar-refractivity contribution >= 4 is 11.6 Å². The van der Waals surface area contributed by atoms with Crippen LogP contribution in [0.5, 0.6) is 0 Å². The van der Waals surface area contributed by atoms with E-state index in [0.29, 0.717) is 31.3 Å². The van der Waals surface area contributed by atoms with E-state index in [2.05, 4.69) is 4.90 Å². The molecular formula is C13H21ClN2O2. The lowest BCUT2D eigenvalue weighted by molar-refractivity contribution is 0.103. The quantitative estimate of drug-likeness (QED) is 0.749. The van der Waals surface area contributed by atoms with Crippen molar-refractivity contribution in [2.75, 3.05) is 40.0 Å². The van der Waals surface area contributed by atoms with Crippen LogP contribution in [0.15, 0.2) is 24.3 Å². The standard InChI is InChI=1S/C13H21ClN2O2/c1-18-9-7-16(6-8-17)13(10-15)11-4-2-3-5-12(11)14/h2-5,13,17H,6-10,15H2,1H3. The summed E-state index contributed by atoms with van der Waals surface area (Å²) in [6, 6.07) is 7.66. The SMILES string of the molecule is COCCN(CCO)C(CN)c1ccccc1Cl. The van der Waals surface area contributed by atoms with E-state index in [1.54, 1.807) is 7.11 Å². The highest BCUT2D eigenvalue weighted by Crippen LogP contribution is 2.26. The zero-order chi connectivity index (χ0) is 13.4. The summed E-state index contributed by atoms with van der Waals surface area (Å²) < 4.78 is 5.08. The summed E-state index contributed by atoms with van der Waals surface area (Å²) in [7, 11) is 1.66. The van der Waals surface area contributed by atoms with Crippen molar-refractivity contribution in [1.29, 1.82) is 0 Å². The Morgan fingerprint density at radius 2 is 2.11 bits per heavy atom. The van der Waals surface area contributed by atoms with Crippen LogP contribution in [0.25, 0.3) is 0 Å². The predicted octanol–water partition coefficient (Wildman–Crippen LogP) is 1.28. The lowest BCUT2D eigenvalue weighted by atomic mass is 10.1. The van der Waals surface area contributed by atoms with Gasteiger partial charge >= 0.3 is 0 Å². The minimum absolute atomic E-state index is 0.000926. The van der Waals surface area contributed by atoms with Gasteiger partial charge in [0, 0.05) is 37.8 Å². The summed E-state index contributed by atoms with van der Waals surface area (Å²) in [5.74, 6) is 0. The van der Waals surface area contributed by atoms with E-state index in [9.17, 15) is 0 Å². The zero-order valence-electron chi connectivity index (χ0n) is 10.7. The van der Waals surface area contributed by atoms with E-state index in [1.165, 1.54) is 0 Å². The van der Waals surface area contributed by atoms with Crippen LogP contribution in [-0.2, 0) is 4.74 Å². The monoisotopic (exact) mass is 272 g/mol. The predicted molar refractivity (Wildman–Crippen MR) is 73.8 cm³/mol. The molecule has 1 aromatic rings. The highest BCUT2D eigenvalue weighted by atomic mass is 35.5. The topological polar surface area (TPSA) is 58.7 Å². The Morgan fingerprint density at radius 3 is 2.67 bits per heavy atom. The largest absolute Gasteiger partial charge is 0.395 e. The maximum Gasteiger partial charge on any atom is 0.0589 e. The van der Waals surface area contributed by atoms with E-state index in [0.717, 1.165) is 5.56 Å². The van der Waals surface area contributed by atoms with Crippen molar-refractivity contribution in [3.8, 4) is 0 Å². The van der Waals surface area contributed by atoms with Crippen molar-refractivity contribution in [1.82, 2.24) is 4.90 Å². The number of aliphatic hydroxyl groups is 1. The molecule has 1 unspecified atom stereocenters. The van der Waals surface area contributed by atoms with Crippen LogP contribution in [0.4, 0.5) is 0 Å². The number of ether oxygens (including phenoxy) is 1. The van der Waals surface area contributed by atoms with Crippen molar-refractivity contribution in [2.45, 2.75) is 6.04 Å². The molecule has 4 nitrogen and oxygen atoms in total. The highest BCUT2D eigenvalue weighted by molar-refractivity contribution is 6.31. The van der Waals surface area contributed by atoms with Gasteiger partial charge in [0.25, 0.3) is 0 Å². The molecule has 0 saturated heterocycles. The van der Waals surface area contributed by atoms with Gasteiger partial charge in [0.15, 0.2) is 0 Å². The molecule has 1 rings (SSSR count). The Hall–Kier alpha value is -0.650. The maximum atomic E-state index is 9.14. The molecule has 0 heterocycles. The van der Waals surface area contributed by atoms with Gasteiger partial charge < -0.3 is 15.6 Å².